The van der Waals surface area contributed by atoms with E-state index in [1.807, 2.05) is 6.07 Å². The summed E-state index contributed by atoms with van der Waals surface area (Å²) in [7, 11) is 3.24. The molecule has 0 amide bonds. The van der Waals surface area contributed by atoms with Crippen molar-refractivity contribution in [3.63, 3.8) is 0 Å². The van der Waals surface area contributed by atoms with Crippen molar-refractivity contribution >= 4 is 24.0 Å². The van der Waals surface area contributed by atoms with E-state index in [2.05, 4.69) is 0 Å². The maximum absolute atomic E-state index is 6.01. The number of hydrogen-bond acceptors (Lipinski definition) is 3. The van der Waals surface area contributed by atoms with Gasteiger partial charge in [-0.25, -0.2) is 0 Å². The molecule has 3 nitrogen and oxygen atoms in total. The topological polar surface area (TPSA) is 44.5 Å². The third kappa shape index (κ3) is 2.37. The number of ether oxygens (including phenoxy) is 2. The molecule has 1 aliphatic rings. The van der Waals surface area contributed by atoms with Crippen LogP contribution in [-0.2, 0) is 0 Å². The van der Waals surface area contributed by atoms with Gasteiger partial charge in [-0.05, 0) is 12.5 Å². The highest BCUT2D eigenvalue weighted by molar-refractivity contribution is 6.32. The molecule has 0 saturated heterocycles. The summed E-state index contributed by atoms with van der Waals surface area (Å²) in [6.07, 6.45) is 1.00. The Morgan fingerprint density at radius 3 is 2.25 bits per heavy atom. The molecule has 1 aliphatic carbocycles. The van der Waals surface area contributed by atoms with Crippen LogP contribution in [0.5, 0.6) is 11.5 Å². The Labute approximate surface area is 106 Å². The van der Waals surface area contributed by atoms with Gasteiger partial charge in [-0.3, -0.25) is 0 Å². The molecule has 5 heteroatoms. The van der Waals surface area contributed by atoms with Crippen LogP contribution in [0.25, 0.3) is 0 Å². The molecule has 1 aromatic carbocycles. The van der Waals surface area contributed by atoms with Crippen LogP contribution in [-0.4, -0.2) is 20.3 Å². The third-order valence-electron chi connectivity index (χ3n) is 2.74. The van der Waals surface area contributed by atoms with E-state index in [1.54, 1.807) is 20.3 Å². The smallest absolute Gasteiger partial charge is 0.138 e. The van der Waals surface area contributed by atoms with Gasteiger partial charge in [-0.1, -0.05) is 11.6 Å². The monoisotopic (exact) mass is 263 g/mol. The zero-order valence-electron chi connectivity index (χ0n) is 9.20. The van der Waals surface area contributed by atoms with E-state index in [1.165, 1.54) is 0 Å². The minimum absolute atomic E-state index is 0. The van der Waals surface area contributed by atoms with Crippen LogP contribution in [0, 0.1) is 0 Å². The molecule has 2 rings (SSSR count). The van der Waals surface area contributed by atoms with E-state index in [-0.39, 0.29) is 18.4 Å². The largest absolute Gasteiger partial charge is 0.496 e. The number of methoxy groups -OCH3 is 2. The van der Waals surface area contributed by atoms with Gasteiger partial charge in [0.25, 0.3) is 0 Å². The van der Waals surface area contributed by atoms with Crippen LogP contribution in [0.2, 0.25) is 5.02 Å². The third-order valence-corrected chi connectivity index (χ3v) is 3.04. The molecule has 1 fully saturated rings. The van der Waals surface area contributed by atoms with E-state index >= 15 is 0 Å². The predicted octanol–water partition coefficient (Wildman–Crippen LogP) is 2.59. The summed E-state index contributed by atoms with van der Waals surface area (Å²) in [6.45, 7) is 0. The summed E-state index contributed by atoms with van der Waals surface area (Å²) in [4.78, 5) is 0. The maximum atomic E-state index is 6.01. The van der Waals surface area contributed by atoms with Crippen molar-refractivity contribution in [2.24, 2.45) is 5.73 Å². The fourth-order valence-corrected chi connectivity index (χ4v) is 1.98. The van der Waals surface area contributed by atoms with Crippen molar-refractivity contribution < 1.29 is 9.47 Å². The molecule has 0 aliphatic heterocycles. The average molecular weight is 264 g/mol. The second kappa shape index (κ2) is 5.13. The lowest BCUT2D eigenvalue weighted by molar-refractivity contribution is 0.399. The van der Waals surface area contributed by atoms with Gasteiger partial charge in [0.15, 0.2) is 0 Å². The lowest BCUT2D eigenvalue weighted by Gasteiger charge is -2.11. The zero-order valence-corrected chi connectivity index (χ0v) is 10.8. The van der Waals surface area contributed by atoms with Gasteiger partial charge in [-0.2, -0.15) is 0 Å². The standard InChI is InChI=1S/C11H14ClNO2.ClH/c1-14-10-5-8(12)11(15-2)4-7(10)6-3-9(6)13;/h4-6,9H,3,13H2,1-2H3;1H/t6-,9+;/m0./s1. The Kier molecular flexibility index (Phi) is 4.30. The van der Waals surface area contributed by atoms with Gasteiger partial charge >= 0.3 is 0 Å². The first-order chi connectivity index (χ1) is 7.17. The summed E-state index contributed by atoms with van der Waals surface area (Å²) in [5.74, 6) is 1.84. The number of hydrogen-bond donors (Lipinski definition) is 1. The quantitative estimate of drug-likeness (QED) is 0.912. The number of rotatable bonds is 3. The Bertz CT molecular complexity index is 384. The number of benzene rings is 1. The van der Waals surface area contributed by atoms with Gasteiger partial charge in [0.1, 0.15) is 11.5 Å². The molecule has 1 aromatic rings. The Morgan fingerprint density at radius 2 is 1.81 bits per heavy atom. The minimum Gasteiger partial charge on any atom is -0.496 e. The Balaban J connectivity index is 0.00000128. The molecule has 1 saturated carbocycles. The lowest BCUT2D eigenvalue weighted by Crippen LogP contribution is -2.02. The molecule has 2 atom stereocenters. The molecule has 2 N–H and O–H groups in total. The van der Waals surface area contributed by atoms with Crippen LogP contribution in [0.1, 0.15) is 17.9 Å². The highest BCUT2D eigenvalue weighted by Gasteiger charge is 2.37. The van der Waals surface area contributed by atoms with Crippen LogP contribution < -0.4 is 15.2 Å². The lowest BCUT2D eigenvalue weighted by atomic mass is 10.1. The van der Waals surface area contributed by atoms with Crippen molar-refractivity contribution in [1.82, 2.24) is 0 Å². The predicted molar refractivity (Wildman–Crippen MR) is 67.1 cm³/mol. The number of halogens is 2. The molecule has 90 valence electrons. The summed E-state index contributed by atoms with van der Waals surface area (Å²) in [5, 5.41) is 0.562. The normalized spacial score (nSPS) is 22.2. The molecule has 0 aromatic heterocycles. The van der Waals surface area contributed by atoms with Crippen LogP contribution in [0.3, 0.4) is 0 Å². The van der Waals surface area contributed by atoms with E-state index < -0.39 is 0 Å². The van der Waals surface area contributed by atoms with Crippen molar-refractivity contribution in [2.75, 3.05) is 14.2 Å². The second-order valence-corrected chi connectivity index (χ2v) is 4.14. The zero-order chi connectivity index (χ0) is 11.0. The maximum Gasteiger partial charge on any atom is 0.138 e. The van der Waals surface area contributed by atoms with Crippen molar-refractivity contribution in [3.05, 3.63) is 22.7 Å². The second-order valence-electron chi connectivity index (χ2n) is 3.73. The van der Waals surface area contributed by atoms with Gasteiger partial charge in [0.05, 0.1) is 19.2 Å². The van der Waals surface area contributed by atoms with E-state index in [4.69, 9.17) is 26.8 Å². The fourth-order valence-electron chi connectivity index (χ4n) is 1.75. The van der Waals surface area contributed by atoms with Crippen LogP contribution >= 0.6 is 24.0 Å². The van der Waals surface area contributed by atoms with Crippen molar-refractivity contribution in [2.45, 2.75) is 18.4 Å². The van der Waals surface area contributed by atoms with Crippen LogP contribution in [0.4, 0.5) is 0 Å². The van der Waals surface area contributed by atoms with Gasteiger partial charge in [-0.15, -0.1) is 12.4 Å². The van der Waals surface area contributed by atoms with Crippen molar-refractivity contribution in [3.8, 4) is 11.5 Å². The number of nitrogens with two attached hydrogens (primary N) is 1. The molecule has 16 heavy (non-hydrogen) atoms. The fraction of sp³-hybridized carbons (Fsp3) is 0.455. The first-order valence-electron chi connectivity index (χ1n) is 4.84. The van der Waals surface area contributed by atoms with Crippen molar-refractivity contribution in [1.29, 1.82) is 0 Å². The molecule has 0 heterocycles. The summed E-state index contributed by atoms with van der Waals surface area (Å²) in [5.41, 5.74) is 6.91. The van der Waals surface area contributed by atoms with E-state index in [9.17, 15) is 0 Å². The van der Waals surface area contributed by atoms with E-state index in [0.29, 0.717) is 16.7 Å². The van der Waals surface area contributed by atoms with Gasteiger partial charge in [0.2, 0.25) is 0 Å². The molecule has 0 radical (unpaired) electrons. The van der Waals surface area contributed by atoms with Crippen LogP contribution in [0.15, 0.2) is 12.1 Å². The molecule has 0 spiro atoms. The molecule has 0 bridgehead atoms. The average Bonchev–Trinajstić information content (AvgIpc) is 2.95. The molecular weight excluding hydrogens is 249 g/mol. The van der Waals surface area contributed by atoms with E-state index in [0.717, 1.165) is 17.7 Å². The van der Waals surface area contributed by atoms with Gasteiger partial charge in [0, 0.05) is 23.6 Å². The Morgan fingerprint density at radius 1 is 1.25 bits per heavy atom. The molecular formula is C11H15Cl2NO2. The SMILES string of the molecule is COc1cc([C@@H]2C[C@H]2N)c(OC)cc1Cl.Cl. The summed E-state index contributed by atoms with van der Waals surface area (Å²) >= 11 is 6.01. The van der Waals surface area contributed by atoms with Gasteiger partial charge < -0.3 is 15.2 Å². The molecule has 0 unspecified atom stereocenters. The first-order valence-corrected chi connectivity index (χ1v) is 5.22. The highest BCUT2D eigenvalue weighted by Crippen LogP contribution is 2.46. The summed E-state index contributed by atoms with van der Waals surface area (Å²) in [6, 6.07) is 3.93. The minimum atomic E-state index is 0. The Hall–Kier alpha value is -0.640. The highest BCUT2D eigenvalue weighted by atomic mass is 35.5. The first kappa shape index (κ1) is 13.4. The summed E-state index contributed by atoms with van der Waals surface area (Å²) < 4.78 is 10.4.